The third-order valence-electron chi connectivity index (χ3n) is 10.2. The Labute approximate surface area is 352 Å². The van der Waals surface area contributed by atoms with E-state index in [9.17, 15) is 38.4 Å². The zero-order valence-corrected chi connectivity index (χ0v) is 34.5. The highest BCUT2D eigenvalue weighted by atomic mass is 16.2. The molecule has 0 bridgehead atoms. The Kier molecular flexibility index (Phi) is 15.3. The second kappa shape index (κ2) is 20.7. The lowest BCUT2D eigenvalue weighted by Gasteiger charge is -2.29. The van der Waals surface area contributed by atoms with Crippen LogP contribution < -0.4 is 37.6 Å². The maximum Gasteiger partial charge on any atom is 0.257 e. The maximum atomic E-state index is 14.2. The van der Waals surface area contributed by atoms with Crippen molar-refractivity contribution >= 4 is 63.7 Å². The van der Waals surface area contributed by atoms with Gasteiger partial charge in [0.05, 0.1) is 17.6 Å². The van der Waals surface area contributed by atoms with Crippen LogP contribution in [0.2, 0.25) is 0 Å². The molecule has 0 saturated carbocycles. The van der Waals surface area contributed by atoms with Gasteiger partial charge in [0.25, 0.3) is 5.91 Å². The molecule has 18 nitrogen and oxygen atoms in total. The van der Waals surface area contributed by atoms with Gasteiger partial charge < -0.3 is 47.5 Å². The number of aryl methyl sites for hydroxylation is 1. The molecule has 3 aromatic carbocycles. The van der Waals surface area contributed by atoms with Crippen molar-refractivity contribution in [3.63, 3.8) is 0 Å². The van der Waals surface area contributed by atoms with Crippen LogP contribution in [0, 0.1) is 6.92 Å². The molecule has 1 unspecified atom stereocenters. The number of rotatable bonds is 19. The van der Waals surface area contributed by atoms with Crippen LogP contribution in [0.4, 0.5) is 5.69 Å². The smallest absolute Gasteiger partial charge is 0.257 e. The number of anilines is 1. The molecule has 0 radical (unpaired) electrons. The lowest BCUT2D eigenvalue weighted by atomic mass is 10.0. The molecule has 0 saturated heterocycles. The predicted octanol–water partition coefficient (Wildman–Crippen LogP) is 0.890. The Morgan fingerprint density at radius 2 is 1.61 bits per heavy atom. The molecule has 8 amide bonds. The molecular formula is C43H52N10O8. The molecule has 322 valence electrons. The van der Waals surface area contributed by atoms with Crippen molar-refractivity contribution < 1.29 is 38.4 Å². The maximum absolute atomic E-state index is 14.2. The quantitative estimate of drug-likeness (QED) is 0.0666. The molecule has 1 aromatic heterocycles. The molecule has 5 rings (SSSR count). The fraction of sp³-hybridized carbons (Fsp3) is 0.372. The molecule has 0 fully saturated rings. The third-order valence-corrected chi connectivity index (χ3v) is 10.2. The van der Waals surface area contributed by atoms with Crippen molar-refractivity contribution in [3.05, 3.63) is 95.6 Å². The summed E-state index contributed by atoms with van der Waals surface area (Å²) in [6, 6.07) is 12.2. The normalized spacial score (nSPS) is 15.5. The lowest BCUT2D eigenvalue weighted by Crippen LogP contribution is -2.59. The van der Waals surface area contributed by atoms with Crippen molar-refractivity contribution in [1.29, 1.82) is 0 Å². The molecule has 0 spiro atoms. The summed E-state index contributed by atoms with van der Waals surface area (Å²) in [5.41, 5.74) is 7.93. The van der Waals surface area contributed by atoms with Gasteiger partial charge in [-0.05, 0) is 48.7 Å². The monoisotopic (exact) mass is 836 g/mol. The first kappa shape index (κ1) is 45.0. The average Bonchev–Trinajstić information content (AvgIpc) is 3.71. The Hall–Kier alpha value is -7.11. The van der Waals surface area contributed by atoms with Crippen molar-refractivity contribution in [2.75, 3.05) is 18.4 Å². The molecule has 0 aliphatic carbocycles. The van der Waals surface area contributed by atoms with Gasteiger partial charge in [-0.25, -0.2) is 4.98 Å². The van der Waals surface area contributed by atoms with E-state index in [2.05, 4.69) is 41.9 Å². The number of nitrogens with two attached hydrogens (primary N) is 1. The number of nitrogens with zero attached hydrogens (tertiary/aromatic N) is 2. The Bertz CT molecular complexity index is 2280. The minimum absolute atomic E-state index is 0.0579. The van der Waals surface area contributed by atoms with E-state index in [0.29, 0.717) is 24.1 Å². The van der Waals surface area contributed by atoms with Crippen LogP contribution in [0.5, 0.6) is 0 Å². The molecule has 4 aromatic rings. The SMILES string of the molecule is CCCC[C@H](NC(C)=O)C(=O)N[C@@H](C)C(=O)N[C@@H](Cc1cnc[nH]1)C(=O)NCC1C(=O)Nc2ccc(C)cc2C(=O)N1CC(=O)N[C@@H](Cc1ccc2ccccc2c1)C(N)=O. The van der Waals surface area contributed by atoms with E-state index >= 15 is 0 Å². The van der Waals surface area contributed by atoms with Gasteiger partial charge in [-0.1, -0.05) is 73.9 Å². The first-order valence-electron chi connectivity index (χ1n) is 20.0. The number of carbonyl (C=O) groups excluding carboxylic acids is 8. The van der Waals surface area contributed by atoms with Gasteiger partial charge in [-0.15, -0.1) is 0 Å². The first-order chi connectivity index (χ1) is 29.1. The number of H-pyrrole nitrogens is 1. The summed E-state index contributed by atoms with van der Waals surface area (Å²) < 4.78 is 0. The fourth-order valence-electron chi connectivity index (χ4n) is 6.95. The molecule has 61 heavy (non-hydrogen) atoms. The standard InChI is InChI=1S/C43H52N10O8/c1-5-6-11-33(49-26(4)54)41(59)48-25(3)39(57)52-35(19-30-20-45-23-47-30)40(58)46-21-36-42(60)51-32-15-12-24(2)16-31(32)43(61)53(36)22-37(55)50-34(38(44)56)18-27-13-14-28-9-7-8-10-29(28)17-27/h7-10,12-17,20,23,25,33-36H,5-6,11,18-19,21-22H2,1-4H3,(H2,44,56)(H,45,47)(H,46,58)(H,48,59)(H,49,54)(H,50,55)(H,51,60)(H,52,57)/t25-,33-,34-,35-,36?/m0/s1. The number of unbranched alkanes of at least 4 members (excludes halogenated alkanes) is 1. The summed E-state index contributed by atoms with van der Waals surface area (Å²) in [5.74, 6) is -5.45. The summed E-state index contributed by atoms with van der Waals surface area (Å²) in [4.78, 5) is 114. The zero-order chi connectivity index (χ0) is 44.2. The molecular weight excluding hydrogens is 785 g/mol. The van der Waals surface area contributed by atoms with E-state index in [1.807, 2.05) is 49.4 Å². The first-order valence-corrected chi connectivity index (χ1v) is 20.0. The number of imidazole rings is 1. The number of carbonyl (C=O) groups is 8. The minimum atomic E-state index is -1.45. The average molecular weight is 837 g/mol. The summed E-state index contributed by atoms with van der Waals surface area (Å²) in [5, 5.41) is 17.7. The third kappa shape index (κ3) is 12.2. The molecule has 1 aliphatic heterocycles. The van der Waals surface area contributed by atoms with Crippen LogP contribution in [0.1, 0.15) is 67.2 Å². The van der Waals surface area contributed by atoms with Crippen LogP contribution in [-0.2, 0) is 46.4 Å². The van der Waals surface area contributed by atoms with Crippen LogP contribution in [0.15, 0.2) is 73.2 Å². The number of primary amides is 1. The summed E-state index contributed by atoms with van der Waals surface area (Å²) in [6.07, 6.45) is 4.62. The number of nitrogens with one attached hydrogen (secondary N) is 7. The highest BCUT2D eigenvalue weighted by Gasteiger charge is 2.38. The fourth-order valence-corrected chi connectivity index (χ4v) is 6.95. The van der Waals surface area contributed by atoms with Gasteiger partial charge in [-0.2, -0.15) is 0 Å². The number of aromatic nitrogens is 2. The molecule has 2 heterocycles. The Morgan fingerprint density at radius 1 is 0.852 bits per heavy atom. The predicted molar refractivity (Wildman–Crippen MR) is 225 cm³/mol. The largest absolute Gasteiger partial charge is 0.368 e. The van der Waals surface area contributed by atoms with E-state index in [0.717, 1.165) is 27.7 Å². The number of amides is 8. The van der Waals surface area contributed by atoms with Gasteiger partial charge in [0.1, 0.15) is 36.8 Å². The summed E-state index contributed by atoms with van der Waals surface area (Å²) >= 11 is 0. The highest BCUT2D eigenvalue weighted by molar-refractivity contribution is 6.11. The van der Waals surface area contributed by atoms with Gasteiger partial charge in [-0.3, -0.25) is 38.4 Å². The molecule has 5 atom stereocenters. The van der Waals surface area contributed by atoms with Crippen LogP contribution in [0.25, 0.3) is 10.8 Å². The Morgan fingerprint density at radius 3 is 2.30 bits per heavy atom. The summed E-state index contributed by atoms with van der Waals surface area (Å²) in [6.45, 7) is 5.23. The van der Waals surface area contributed by atoms with Gasteiger partial charge in [0.15, 0.2) is 0 Å². The van der Waals surface area contributed by atoms with Crippen LogP contribution >= 0.6 is 0 Å². The highest BCUT2D eigenvalue weighted by Crippen LogP contribution is 2.25. The lowest BCUT2D eigenvalue weighted by molar-refractivity contribution is -0.133. The summed E-state index contributed by atoms with van der Waals surface area (Å²) in [7, 11) is 0. The van der Waals surface area contributed by atoms with E-state index in [-0.39, 0.29) is 24.1 Å². The van der Waals surface area contributed by atoms with E-state index in [1.165, 1.54) is 26.4 Å². The second-order valence-corrected chi connectivity index (χ2v) is 15.1. The van der Waals surface area contributed by atoms with Crippen molar-refractivity contribution in [3.8, 4) is 0 Å². The number of fused-ring (bicyclic) bond motifs is 2. The number of hydrogen-bond donors (Lipinski definition) is 8. The van der Waals surface area contributed by atoms with Gasteiger partial charge in [0, 0.05) is 38.2 Å². The van der Waals surface area contributed by atoms with Gasteiger partial charge >= 0.3 is 0 Å². The molecule has 1 aliphatic rings. The topological polar surface area (TPSA) is 267 Å². The Balaban J connectivity index is 1.33. The van der Waals surface area contributed by atoms with Crippen molar-refractivity contribution in [1.82, 2.24) is 41.5 Å². The van der Waals surface area contributed by atoms with E-state index in [4.69, 9.17) is 5.73 Å². The van der Waals surface area contributed by atoms with Crippen molar-refractivity contribution in [2.45, 2.75) is 90.0 Å². The van der Waals surface area contributed by atoms with E-state index in [1.54, 1.807) is 25.1 Å². The van der Waals surface area contributed by atoms with Crippen LogP contribution in [-0.4, -0.2) is 105 Å². The molecule has 9 N–H and O–H groups in total. The second-order valence-electron chi connectivity index (χ2n) is 15.1. The molecule has 18 heteroatoms. The van der Waals surface area contributed by atoms with Crippen molar-refractivity contribution in [2.24, 2.45) is 5.73 Å². The minimum Gasteiger partial charge on any atom is -0.368 e. The number of hydrogen-bond acceptors (Lipinski definition) is 9. The number of aromatic amines is 1. The van der Waals surface area contributed by atoms with E-state index < -0.39 is 90.6 Å². The number of benzene rings is 3. The van der Waals surface area contributed by atoms with Crippen LogP contribution in [0.3, 0.4) is 0 Å². The van der Waals surface area contributed by atoms with Gasteiger partial charge in [0.2, 0.25) is 41.4 Å². The zero-order valence-electron chi connectivity index (χ0n) is 34.5.